The molecule has 1 aliphatic carbocycles. The smallest absolute Gasteiger partial charge is 0.0704 e. The highest BCUT2D eigenvalue weighted by molar-refractivity contribution is 5.83. The van der Waals surface area contributed by atoms with Crippen LogP contribution in [0.3, 0.4) is 0 Å². The van der Waals surface area contributed by atoms with E-state index < -0.39 is 0 Å². The number of hydrogen-bond acceptors (Lipinski definition) is 2. The largest absolute Gasteiger partial charge is 0.327 e. The van der Waals surface area contributed by atoms with Crippen molar-refractivity contribution in [3.05, 3.63) is 41.6 Å². The lowest BCUT2D eigenvalue weighted by molar-refractivity contribution is 0.579. The van der Waals surface area contributed by atoms with Gasteiger partial charge in [-0.2, -0.15) is 0 Å². The SMILES string of the molecule is N[C@H]1CCc2c(ccc3ncccc23)C1. The molecule has 1 aromatic carbocycles. The Balaban J connectivity index is 2.25. The Morgan fingerprint density at radius 3 is 3.13 bits per heavy atom. The third-order valence-electron chi connectivity index (χ3n) is 3.24. The van der Waals surface area contributed by atoms with Gasteiger partial charge in [-0.3, -0.25) is 4.98 Å². The van der Waals surface area contributed by atoms with Crippen molar-refractivity contribution >= 4 is 10.9 Å². The van der Waals surface area contributed by atoms with Gasteiger partial charge in [0.1, 0.15) is 0 Å². The molecule has 2 heteroatoms. The molecule has 0 saturated carbocycles. The number of hydrogen-bond donors (Lipinski definition) is 1. The molecule has 76 valence electrons. The van der Waals surface area contributed by atoms with E-state index in [0.29, 0.717) is 6.04 Å². The summed E-state index contributed by atoms with van der Waals surface area (Å²) in [5.41, 5.74) is 9.95. The van der Waals surface area contributed by atoms with Gasteiger partial charge in [0.05, 0.1) is 5.52 Å². The predicted molar refractivity (Wildman–Crippen MR) is 61.7 cm³/mol. The zero-order valence-corrected chi connectivity index (χ0v) is 8.61. The first-order valence-electron chi connectivity index (χ1n) is 5.45. The molecule has 1 heterocycles. The van der Waals surface area contributed by atoms with E-state index in [2.05, 4.69) is 23.2 Å². The molecule has 0 saturated heterocycles. The molecule has 0 spiro atoms. The fourth-order valence-electron chi connectivity index (χ4n) is 2.46. The predicted octanol–water partition coefficient (Wildman–Crippen LogP) is 2.05. The van der Waals surface area contributed by atoms with Gasteiger partial charge in [-0.15, -0.1) is 0 Å². The summed E-state index contributed by atoms with van der Waals surface area (Å²) in [4.78, 5) is 4.38. The maximum absolute atomic E-state index is 5.98. The van der Waals surface area contributed by atoms with Gasteiger partial charge in [0.2, 0.25) is 0 Å². The van der Waals surface area contributed by atoms with Crippen LogP contribution in [0.4, 0.5) is 0 Å². The van der Waals surface area contributed by atoms with Crippen LogP contribution in [0.25, 0.3) is 10.9 Å². The summed E-state index contributed by atoms with van der Waals surface area (Å²) in [6.45, 7) is 0. The number of fused-ring (bicyclic) bond motifs is 3. The highest BCUT2D eigenvalue weighted by Crippen LogP contribution is 2.27. The molecule has 0 aliphatic heterocycles. The van der Waals surface area contributed by atoms with Gasteiger partial charge in [-0.25, -0.2) is 0 Å². The van der Waals surface area contributed by atoms with Gasteiger partial charge in [0.25, 0.3) is 0 Å². The van der Waals surface area contributed by atoms with Crippen molar-refractivity contribution in [2.45, 2.75) is 25.3 Å². The molecule has 1 aromatic heterocycles. The maximum atomic E-state index is 5.98. The van der Waals surface area contributed by atoms with Crippen LogP contribution < -0.4 is 5.73 Å². The van der Waals surface area contributed by atoms with Crippen LogP contribution in [-0.2, 0) is 12.8 Å². The van der Waals surface area contributed by atoms with Gasteiger partial charge in [-0.1, -0.05) is 12.1 Å². The average Bonchev–Trinajstić information content (AvgIpc) is 2.28. The highest BCUT2D eigenvalue weighted by atomic mass is 14.7. The summed E-state index contributed by atoms with van der Waals surface area (Å²) in [6.07, 6.45) is 5.06. The van der Waals surface area contributed by atoms with E-state index in [9.17, 15) is 0 Å². The summed E-state index contributed by atoms with van der Waals surface area (Å²) in [5.74, 6) is 0. The molecule has 2 aromatic rings. The molecular formula is C13H14N2. The fourth-order valence-corrected chi connectivity index (χ4v) is 2.46. The normalized spacial score (nSPS) is 20.2. The molecule has 1 atom stereocenters. The van der Waals surface area contributed by atoms with Crippen molar-refractivity contribution in [3.8, 4) is 0 Å². The first kappa shape index (κ1) is 8.86. The Labute approximate surface area is 89.1 Å². The lowest BCUT2D eigenvalue weighted by Crippen LogP contribution is -2.27. The van der Waals surface area contributed by atoms with Crippen LogP contribution in [0.15, 0.2) is 30.5 Å². The van der Waals surface area contributed by atoms with Gasteiger partial charge in [-0.05, 0) is 42.5 Å². The van der Waals surface area contributed by atoms with E-state index >= 15 is 0 Å². The molecule has 0 amide bonds. The molecule has 3 rings (SSSR count). The molecule has 1 aliphatic rings. The molecule has 0 radical (unpaired) electrons. The van der Waals surface area contributed by atoms with Gasteiger partial charge < -0.3 is 5.73 Å². The Morgan fingerprint density at radius 2 is 2.20 bits per heavy atom. The van der Waals surface area contributed by atoms with E-state index in [-0.39, 0.29) is 0 Å². The van der Waals surface area contributed by atoms with E-state index in [1.54, 1.807) is 0 Å². The number of rotatable bonds is 0. The van der Waals surface area contributed by atoms with Crippen molar-refractivity contribution in [2.75, 3.05) is 0 Å². The van der Waals surface area contributed by atoms with Crippen LogP contribution in [0.1, 0.15) is 17.5 Å². The molecule has 15 heavy (non-hydrogen) atoms. The first-order valence-corrected chi connectivity index (χ1v) is 5.45. The fraction of sp³-hybridized carbons (Fsp3) is 0.308. The highest BCUT2D eigenvalue weighted by Gasteiger charge is 2.17. The van der Waals surface area contributed by atoms with Crippen molar-refractivity contribution in [3.63, 3.8) is 0 Å². The summed E-state index contributed by atoms with van der Waals surface area (Å²) in [5, 5.41) is 1.31. The zero-order chi connectivity index (χ0) is 10.3. The summed E-state index contributed by atoms with van der Waals surface area (Å²) < 4.78 is 0. The lowest BCUT2D eigenvalue weighted by Gasteiger charge is -2.22. The minimum atomic E-state index is 0.339. The van der Waals surface area contributed by atoms with Crippen molar-refractivity contribution < 1.29 is 0 Å². The molecule has 2 nitrogen and oxygen atoms in total. The van der Waals surface area contributed by atoms with E-state index in [1.807, 2.05) is 12.3 Å². The van der Waals surface area contributed by atoms with Crippen molar-refractivity contribution in [1.82, 2.24) is 4.98 Å². The third-order valence-corrected chi connectivity index (χ3v) is 3.24. The summed E-state index contributed by atoms with van der Waals surface area (Å²) in [6, 6.07) is 8.80. The number of nitrogens with zero attached hydrogens (tertiary/aromatic N) is 1. The van der Waals surface area contributed by atoms with Crippen LogP contribution in [0.5, 0.6) is 0 Å². The Hall–Kier alpha value is -1.41. The molecule has 2 N–H and O–H groups in total. The van der Waals surface area contributed by atoms with E-state index in [4.69, 9.17) is 5.73 Å². The zero-order valence-electron chi connectivity index (χ0n) is 8.61. The molecular weight excluding hydrogens is 184 g/mol. The maximum Gasteiger partial charge on any atom is 0.0704 e. The van der Waals surface area contributed by atoms with Gasteiger partial charge in [0.15, 0.2) is 0 Å². The number of nitrogens with two attached hydrogens (primary N) is 1. The quantitative estimate of drug-likeness (QED) is 0.703. The number of pyridine rings is 1. The standard InChI is InChI=1S/C13H14N2/c14-10-4-5-11-9(8-10)3-6-13-12(11)2-1-7-15-13/h1-3,6-7,10H,4-5,8,14H2/t10-/m0/s1. The van der Waals surface area contributed by atoms with Crippen LogP contribution in [-0.4, -0.2) is 11.0 Å². The molecule has 0 bridgehead atoms. The molecule has 0 unspecified atom stereocenters. The van der Waals surface area contributed by atoms with Crippen LogP contribution >= 0.6 is 0 Å². The van der Waals surface area contributed by atoms with E-state index in [0.717, 1.165) is 24.8 Å². The summed E-state index contributed by atoms with van der Waals surface area (Å²) >= 11 is 0. The van der Waals surface area contributed by atoms with Crippen molar-refractivity contribution in [2.24, 2.45) is 5.73 Å². The first-order chi connectivity index (χ1) is 7.34. The Morgan fingerprint density at radius 1 is 1.27 bits per heavy atom. The average molecular weight is 198 g/mol. The minimum Gasteiger partial charge on any atom is -0.327 e. The monoisotopic (exact) mass is 198 g/mol. The second-order valence-electron chi connectivity index (χ2n) is 4.28. The Bertz CT molecular complexity index is 505. The third kappa shape index (κ3) is 1.41. The lowest BCUT2D eigenvalue weighted by atomic mass is 9.86. The topological polar surface area (TPSA) is 38.9 Å². The summed E-state index contributed by atoms with van der Waals surface area (Å²) in [7, 11) is 0. The van der Waals surface area contributed by atoms with Gasteiger partial charge in [0, 0.05) is 17.6 Å². The van der Waals surface area contributed by atoms with Crippen LogP contribution in [0, 0.1) is 0 Å². The minimum absolute atomic E-state index is 0.339. The second-order valence-corrected chi connectivity index (χ2v) is 4.28. The van der Waals surface area contributed by atoms with Crippen molar-refractivity contribution in [1.29, 1.82) is 0 Å². The van der Waals surface area contributed by atoms with E-state index in [1.165, 1.54) is 16.5 Å². The second kappa shape index (κ2) is 3.31. The van der Waals surface area contributed by atoms with Gasteiger partial charge >= 0.3 is 0 Å². The number of benzene rings is 1. The number of aromatic nitrogens is 1. The Kier molecular flexibility index (Phi) is 1.96. The number of aryl methyl sites for hydroxylation is 1. The van der Waals surface area contributed by atoms with Crippen LogP contribution in [0.2, 0.25) is 0 Å². The molecule has 0 fully saturated rings.